The largest absolute Gasteiger partial charge is 0.451 e. The predicted molar refractivity (Wildman–Crippen MR) is 97.9 cm³/mol. The normalized spacial score (nSPS) is 10.5. The Labute approximate surface area is 155 Å². The van der Waals surface area contributed by atoms with E-state index in [2.05, 4.69) is 21.2 Å². The fraction of sp³-hybridized carbons (Fsp3) is 0. The number of nitro benzene ring substituents is 1. The number of amides is 1. The maximum Gasteiger partial charge on any atom is 0.291 e. The number of hydrogen-bond acceptors (Lipinski definition) is 4. The summed E-state index contributed by atoms with van der Waals surface area (Å²) in [6.45, 7) is 0. The molecule has 0 aliphatic rings. The zero-order chi connectivity index (χ0) is 18.0. The molecule has 0 aliphatic carbocycles. The molecule has 6 nitrogen and oxygen atoms in total. The summed E-state index contributed by atoms with van der Waals surface area (Å²) in [4.78, 5) is 22.5. The van der Waals surface area contributed by atoms with E-state index in [1.165, 1.54) is 24.3 Å². The topological polar surface area (TPSA) is 85.4 Å². The molecule has 0 aliphatic heterocycles. The number of rotatable bonds is 4. The van der Waals surface area contributed by atoms with Crippen molar-refractivity contribution in [3.63, 3.8) is 0 Å². The van der Waals surface area contributed by atoms with Gasteiger partial charge in [0.05, 0.1) is 9.95 Å². The lowest BCUT2D eigenvalue weighted by atomic mass is 10.1. The van der Waals surface area contributed by atoms with Crippen molar-refractivity contribution in [1.29, 1.82) is 0 Å². The van der Waals surface area contributed by atoms with Crippen molar-refractivity contribution < 1.29 is 14.1 Å². The number of nitrogens with zero attached hydrogens (tertiary/aromatic N) is 1. The van der Waals surface area contributed by atoms with Crippen LogP contribution >= 0.6 is 27.5 Å². The molecule has 2 aromatic carbocycles. The maximum absolute atomic E-state index is 12.3. The minimum absolute atomic E-state index is 0.101. The molecule has 1 amide bonds. The summed E-state index contributed by atoms with van der Waals surface area (Å²) < 4.78 is 6.37. The van der Waals surface area contributed by atoms with Crippen molar-refractivity contribution in [3.05, 3.63) is 80.0 Å². The van der Waals surface area contributed by atoms with Gasteiger partial charge >= 0.3 is 0 Å². The van der Waals surface area contributed by atoms with Crippen LogP contribution < -0.4 is 5.32 Å². The summed E-state index contributed by atoms with van der Waals surface area (Å²) in [5, 5.41) is 13.6. The van der Waals surface area contributed by atoms with Crippen LogP contribution in [-0.4, -0.2) is 10.8 Å². The first-order valence-electron chi connectivity index (χ1n) is 7.05. The van der Waals surface area contributed by atoms with E-state index in [1.807, 2.05) is 6.07 Å². The summed E-state index contributed by atoms with van der Waals surface area (Å²) in [6, 6.07) is 14.3. The molecule has 126 valence electrons. The van der Waals surface area contributed by atoms with Crippen LogP contribution in [0.4, 0.5) is 11.4 Å². The molecule has 1 N–H and O–H groups in total. The second kappa shape index (κ2) is 7.08. The minimum Gasteiger partial charge on any atom is -0.451 e. The Morgan fingerprint density at radius 1 is 1.16 bits per heavy atom. The molecule has 0 radical (unpaired) electrons. The number of nitrogens with one attached hydrogen (secondary N) is 1. The number of furan rings is 1. The first-order valence-corrected chi connectivity index (χ1v) is 8.22. The maximum atomic E-state index is 12.3. The van der Waals surface area contributed by atoms with Gasteiger partial charge in [-0.05, 0) is 36.4 Å². The van der Waals surface area contributed by atoms with Crippen LogP contribution in [0.15, 0.2) is 63.5 Å². The lowest BCUT2D eigenvalue weighted by molar-refractivity contribution is -0.384. The van der Waals surface area contributed by atoms with Crippen molar-refractivity contribution in [3.8, 4) is 11.3 Å². The molecule has 8 heteroatoms. The second-order valence-electron chi connectivity index (χ2n) is 5.05. The predicted octanol–water partition coefficient (Wildman–Crippen LogP) is 5.52. The highest BCUT2D eigenvalue weighted by molar-refractivity contribution is 9.10. The van der Waals surface area contributed by atoms with E-state index in [-0.39, 0.29) is 16.5 Å². The van der Waals surface area contributed by atoms with Crippen molar-refractivity contribution in [1.82, 2.24) is 0 Å². The van der Waals surface area contributed by atoms with E-state index in [1.54, 1.807) is 24.3 Å². The molecule has 3 aromatic rings. The number of carbonyl (C=O) groups excluding carboxylic acids is 1. The first-order chi connectivity index (χ1) is 11.9. The van der Waals surface area contributed by atoms with Gasteiger partial charge in [-0.1, -0.05) is 33.6 Å². The number of hydrogen-bond donors (Lipinski definition) is 1. The van der Waals surface area contributed by atoms with Crippen molar-refractivity contribution in [2.75, 3.05) is 5.32 Å². The molecule has 1 heterocycles. The highest BCUT2D eigenvalue weighted by Crippen LogP contribution is 2.32. The number of halogens is 2. The molecular weight excluding hydrogens is 412 g/mol. The Kier molecular flexibility index (Phi) is 4.87. The molecule has 0 fully saturated rings. The van der Waals surface area contributed by atoms with E-state index in [0.717, 1.165) is 4.47 Å². The lowest BCUT2D eigenvalue weighted by Gasteiger charge is -2.04. The van der Waals surface area contributed by atoms with Gasteiger partial charge in [0.2, 0.25) is 0 Å². The van der Waals surface area contributed by atoms with Gasteiger partial charge in [-0.25, -0.2) is 0 Å². The average molecular weight is 422 g/mol. The molecule has 0 saturated heterocycles. The van der Waals surface area contributed by atoms with E-state index >= 15 is 0 Å². The number of carbonyl (C=O) groups is 1. The van der Waals surface area contributed by atoms with E-state index in [9.17, 15) is 14.9 Å². The molecule has 0 spiro atoms. The highest BCUT2D eigenvalue weighted by atomic mass is 79.9. The van der Waals surface area contributed by atoms with Gasteiger partial charge < -0.3 is 9.73 Å². The Morgan fingerprint density at radius 2 is 1.96 bits per heavy atom. The molecule has 25 heavy (non-hydrogen) atoms. The Hall–Kier alpha value is -2.64. The second-order valence-corrected chi connectivity index (χ2v) is 6.37. The van der Waals surface area contributed by atoms with Crippen LogP contribution in [0, 0.1) is 10.1 Å². The van der Waals surface area contributed by atoms with E-state index in [0.29, 0.717) is 17.0 Å². The van der Waals surface area contributed by atoms with Crippen LogP contribution in [0.25, 0.3) is 11.3 Å². The quantitative estimate of drug-likeness (QED) is 0.444. The van der Waals surface area contributed by atoms with Crippen LogP contribution in [0.2, 0.25) is 5.02 Å². The van der Waals surface area contributed by atoms with Gasteiger partial charge in [0.1, 0.15) is 5.76 Å². The first kappa shape index (κ1) is 17.2. The van der Waals surface area contributed by atoms with Gasteiger partial charge in [0, 0.05) is 27.9 Å². The monoisotopic (exact) mass is 420 g/mol. The third-order valence-electron chi connectivity index (χ3n) is 3.34. The smallest absolute Gasteiger partial charge is 0.291 e. The van der Waals surface area contributed by atoms with Gasteiger partial charge in [0.15, 0.2) is 5.76 Å². The van der Waals surface area contributed by atoms with Gasteiger partial charge in [-0.2, -0.15) is 0 Å². The van der Waals surface area contributed by atoms with Crippen molar-refractivity contribution >= 4 is 44.8 Å². The molecule has 0 unspecified atom stereocenters. The summed E-state index contributed by atoms with van der Waals surface area (Å²) in [7, 11) is 0. The standard InChI is InChI=1S/C17H10BrClN2O4/c18-10-2-1-3-11(8-10)20-17(22)16-7-6-15(25-16)13-5-4-12(21(23)24)9-14(13)19/h1-9H,(H,20,22). The zero-order valence-corrected chi connectivity index (χ0v) is 14.9. The fourth-order valence-electron chi connectivity index (χ4n) is 2.18. The third kappa shape index (κ3) is 3.89. The summed E-state index contributed by atoms with van der Waals surface area (Å²) >= 11 is 9.40. The lowest BCUT2D eigenvalue weighted by Crippen LogP contribution is -2.10. The highest BCUT2D eigenvalue weighted by Gasteiger charge is 2.16. The minimum atomic E-state index is -0.533. The molecule has 1 aromatic heterocycles. The van der Waals surface area contributed by atoms with Gasteiger partial charge in [0.25, 0.3) is 11.6 Å². The number of non-ortho nitro benzene ring substituents is 1. The third-order valence-corrected chi connectivity index (χ3v) is 4.15. The number of benzene rings is 2. The molecular formula is C17H10BrClN2O4. The Bertz CT molecular complexity index is 971. The number of nitro groups is 1. The van der Waals surface area contributed by atoms with Crippen LogP contribution in [0.5, 0.6) is 0 Å². The van der Waals surface area contributed by atoms with Crippen molar-refractivity contribution in [2.45, 2.75) is 0 Å². The molecule has 0 saturated carbocycles. The SMILES string of the molecule is O=C(Nc1cccc(Br)c1)c1ccc(-c2ccc([N+](=O)[O-])cc2Cl)o1. The van der Waals surface area contributed by atoms with Gasteiger partial charge in [-0.3, -0.25) is 14.9 Å². The van der Waals surface area contributed by atoms with Crippen molar-refractivity contribution in [2.24, 2.45) is 0 Å². The summed E-state index contributed by atoms with van der Waals surface area (Å²) in [6.07, 6.45) is 0. The molecule has 0 bridgehead atoms. The van der Waals surface area contributed by atoms with Crippen LogP contribution in [0.3, 0.4) is 0 Å². The summed E-state index contributed by atoms with van der Waals surface area (Å²) in [5.41, 5.74) is 0.965. The van der Waals surface area contributed by atoms with Crippen LogP contribution in [0.1, 0.15) is 10.6 Å². The van der Waals surface area contributed by atoms with Crippen LogP contribution in [-0.2, 0) is 0 Å². The molecule has 0 atom stereocenters. The Morgan fingerprint density at radius 3 is 2.64 bits per heavy atom. The molecule has 3 rings (SSSR count). The summed E-state index contributed by atoms with van der Waals surface area (Å²) in [5.74, 6) is 0.0334. The Balaban J connectivity index is 1.82. The van der Waals surface area contributed by atoms with E-state index in [4.69, 9.17) is 16.0 Å². The number of anilines is 1. The zero-order valence-electron chi connectivity index (χ0n) is 12.5. The van der Waals surface area contributed by atoms with Gasteiger partial charge in [-0.15, -0.1) is 0 Å². The fourth-order valence-corrected chi connectivity index (χ4v) is 2.85. The van der Waals surface area contributed by atoms with E-state index < -0.39 is 10.8 Å². The average Bonchev–Trinajstić information content (AvgIpc) is 3.04.